The van der Waals surface area contributed by atoms with Gasteiger partial charge >= 0.3 is 0 Å². The number of rotatable bonds is 7. The van der Waals surface area contributed by atoms with Crippen molar-refractivity contribution in [2.24, 2.45) is 0 Å². The van der Waals surface area contributed by atoms with E-state index in [-0.39, 0.29) is 30.2 Å². The summed E-state index contributed by atoms with van der Waals surface area (Å²) >= 11 is 0. The molecule has 1 unspecified atom stereocenters. The number of piperazine rings is 1. The molecule has 1 heterocycles. The van der Waals surface area contributed by atoms with Crippen LogP contribution in [0.4, 0.5) is 5.69 Å². The summed E-state index contributed by atoms with van der Waals surface area (Å²) in [5.41, 5.74) is 3.63. The van der Waals surface area contributed by atoms with Gasteiger partial charge in [0.25, 0.3) is 0 Å². The Hall–Kier alpha value is -1.66. The van der Waals surface area contributed by atoms with Crippen LogP contribution in [0, 0.1) is 6.92 Å². The second kappa shape index (κ2) is 12.5. The molecule has 7 heteroatoms. The number of β-amino-alcohol motifs (C(OH)–C–C–N with tert-alkyl or cyclic N) is 1. The molecule has 180 valence electrons. The van der Waals surface area contributed by atoms with Crippen molar-refractivity contribution in [2.75, 3.05) is 51.3 Å². The van der Waals surface area contributed by atoms with Crippen LogP contribution >= 0.6 is 24.8 Å². The number of aliphatic hydroxyl groups excluding tert-OH is 1. The Morgan fingerprint density at radius 2 is 1.59 bits per heavy atom. The molecule has 0 radical (unpaired) electrons. The molecule has 1 aliphatic rings. The van der Waals surface area contributed by atoms with Crippen LogP contribution < -0.4 is 14.4 Å². The predicted molar refractivity (Wildman–Crippen MR) is 138 cm³/mol. The van der Waals surface area contributed by atoms with Crippen LogP contribution in [0.2, 0.25) is 0 Å². The van der Waals surface area contributed by atoms with Crippen LogP contribution in [0.3, 0.4) is 0 Å². The molecule has 1 aliphatic heterocycles. The maximum Gasteiger partial charge on any atom is 0.123 e. The standard InChI is InChI=1S/C25H36N2O3.2ClH/c1-19-6-11-24(23(16-19)25(2,3)4)30-18-21(28)17-26-12-14-27(15-13-26)20-7-9-22(29-5)10-8-20;;/h6-11,16,21,28H,12-15,17-18H2,1-5H3;2*1H. The van der Waals surface area contributed by atoms with E-state index in [4.69, 9.17) is 9.47 Å². The first-order valence-electron chi connectivity index (χ1n) is 10.8. The van der Waals surface area contributed by atoms with Gasteiger partial charge in [-0.15, -0.1) is 24.8 Å². The number of benzene rings is 2. The highest BCUT2D eigenvalue weighted by molar-refractivity contribution is 5.85. The van der Waals surface area contributed by atoms with E-state index >= 15 is 0 Å². The van der Waals surface area contributed by atoms with Gasteiger partial charge in [0, 0.05) is 38.4 Å². The van der Waals surface area contributed by atoms with E-state index in [0.717, 1.165) is 37.7 Å². The second-order valence-corrected chi connectivity index (χ2v) is 9.20. The average molecular weight is 485 g/mol. The third-order valence-electron chi connectivity index (χ3n) is 5.65. The number of nitrogens with zero attached hydrogens (tertiary/aromatic N) is 2. The van der Waals surface area contributed by atoms with Gasteiger partial charge in [-0.1, -0.05) is 38.5 Å². The Kier molecular flexibility index (Phi) is 11.1. The summed E-state index contributed by atoms with van der Waals surface area (Å²) in [5, 5.41) is 10.6. The number of hydrogen-bond acceptors (Lipinski definition) is 5. The maximum absolute atomic E-state index is 10.6. The zero-order valence-corrected chi connectivity index (χ0v) is 21.5. The topological polar surface area (TPSA) is 45.2 Å². The fourth-order valence-corrected chi connectivity index (χ4v) is 3.87. The summed E-state index contributed by atoms with van der Waals surface area (Å²) in [6.45, 7) is 13.4. The number of methoxy groups -OCH3 is 1. The first-order valence-corrected chi connectivity index (χ1v) is 10.8. The second-order valence-electron chi connectivity index (χ2n) is 9.20. The zero-order chi connectivity index (χ0) is 21.7. The van der Waals surface area contributed by atoms with E-state index in [1.165, 1.54) is 16.8 Å². The van der Waals surface area contributed by atoms with Gasteiger partial charge in [-0.2, -0.15) is 0 Å². The van der Waals surface area contributed by atoms with E-state index in [2.05, 4.69) is 61.8 Å². The highest BCUT2D eigenvalue weighted by Gasteiger charge is 2.22. The Morgan fingerprint density at radius 3 is 2.16 bits per heavy atom. The highest BCUT2D eigenvalue weighted by Crippen LogP contribution is 2.32. The zero-order valence-electron chi connectivity index (χ0n) is 19.8. The van der Waals surface area contributed by atoms with Crippen molar-refractivity contribution in [3.63, 3.8) is 0 Å². The minimum Gasteiger partial charge on any atom is -0.497 e. The molecule has 1 N–H and O–H groups in total. The van der Waals surface area contributed by atoms with Crippen molar-refractivity contribution >= 4 is 30.5 Å². The molecule has 2 aromatic rings. The molecule has 0 aliphatic carbocycles. The lowest BCUT2D eigenvalue weighted by molar-refractivity contribution is 0.0656. The Bertz CT molecular complexity index is 817. The van der Waals surface area contributed by atoms with Crippen molar-refractivity contribution in [1.82, 2.24) is 4.90 Å². The van der Waals surface area contributed by atoms with Crippen LogP contribution in [0.5, 0.6) is 11.5 Å². The van der Waals surface area contributed by atoms with Crippen LogP contribution in [0.1, 0.15) is 31.9 Å². The predicted octanol–water partition coefficient (Wildman–Crippen LogP) is 4.71. The third kappa shape index (κ3) is 7.73. The van der Waals surface area contributed by atoms with Gasteiger partial charge in [-0.25, -0.2) is 0 Å². The minimum absolute atomic E-state index is 0. The maximum atomic E-state index is 10.6. The summed E-state index contributed by atoms with van der Waals surface area (Å²) in [5.74, 6) is 1.75. The summed E-state index contributed by atoms with van der Waals surface area (Å²) in [6.07, 6.45) is -0.508. The molecule has 32 heavy (non-hydrogen) atoms. The molecule has 2 aromatic carbocycles. The molecule has 1 atom stereocenters. The molecule has 1 saturated heterocycles. The SMILES string of the molecule is COc1ccc(N2CCN(CC(O)COc3ccc(C)cc3C(C)(C)C)CC2)cc1.Cl.Cl. The van der Waals surface area contributed by atoms with Crippen LogP contribution in [-0.2, 0) is 5.41 Å². The molecular weight excluding hydrogens is 447 g/mol. The van der Waals surface area contributed by atoms with E-state index in [1.54, 1.807) is 7.11 Å². The first kappa shape index (κ1) is 28.4. The van der Waals surface area contributed by atoms with E-state index in [9.17, 15) is 5.11 Å². The lowest BCUT2D eigenvalue weighted by Gasteiger charge is -2.37. The number of hydrogen-bond donors (Lipinski definition) is 1. The van der Waals surface area contributed by atoms with Crippen molar-refractivity contribution < 1.29 is 14.6 Å². The number of aryl methyl sites for hydroxylation is 1. The van der Waals surface area contributed by atoms with Crippen molar-refractivity contribution in [2.45, 2.75) is 39.2 Å². The van der Waals surface area contributed by atoms with Gasteiger partial charge in [0.1, 0.15) is 24.2 Å². The van der Waals surface area contributed by atoms with Gasteiger partial charge in [-0.05, 0) is 48.2 Å². The summed E-state index contributed by atoms with van der Waals surface area (Å²) < 4.78 is 11.3. The largest absolute Gasteiger partial charge is 0.497 e. The van der Waals surface area contributed by atoms with Crippen LogP contribution in [0.15, 0.2) is 42.5 Å². The number of anilines is 1. The van der Waals surface area contributed by atoms with Gasteiger partial charge in [0.05, 0.1) is 7.11 Å². The molecule has 0 amide bonds. The average Bonchev–Trinajstić information content (AvgIpc) is 2.73. The first-order chi connectivity index (χ1) is 14.3. The smallest absolute Gasteiger partial charge is 0.123 e. The van der Waals surface area contributed by atoms with Gasteiger partial charge < -0.3 is 19.5 Å². The van der Waals surface area contributed by atoms with Crippen molar-refractivity contribution in [3.8, 4) is 11.5 Å². The third-order valence-corrected chi connectivity index (χ3v) is 5.65. The van der Waals surface area contributed by atoms with Crippen molar-refractivity contribution in [3.05, 3.63) is 53.6 Å². The number of ether oxygens (including phenoxy) is 2. The molecule has 0 aromatic heterocycles. The molecule has 1 fully saturated rings. The Labute approximate surface area is 205 Å². The minimum atomic E-state index is -0.508. The number of aliphatic hydroxyl groups is 1. The normalized spacial score (nSPS) is 15.4. The van der Waals surface area contributed by atoms with Crippen LogP contribution in [0.25, 0.3) is 0 Å². The highest BCUT2D eigenvalue weighted by atomic mass is 35.5. The molecule has 5 nitrogen and oxygen atoms in total. The fourth-order valence-electron chi connectivity index (χ4n) is 3.87. The van der Waals surface area contributed by atoms with E-state index in [1.807, 2.05) is 18.2 Å². The van der Waals surface area contributed by atoms with Gasteiger partial charge in [0.2, 0.25) is 0 Å². The van der Waals surface area contributed by atoms with Gasteiger partial charge in [0.15, 0.2) is 0 Å². The lowest BCUT2D eigenvalue weighted by atomic mass is 9.85. The Morgan fingerprint density at radius 1 is 0.969 bits per heavy atom. The lowest BCUT2D eigenvalue weighted by Crippen LogP contribution is -2.49. The molecule has 0 saturated carbocycles. The molecule has 3 rings (SSSR count). The molecular formula is C25H38Cl2N2O3. The van der Waals surface area contributed by atoms with E-state index in [0.29, 0.717) is 13.2 Å². The van der Waals surface area contributed by atoms with Gasteiger partial charge in [-0.3, -0.25) is 4.90 Å². The molecule has 0 bridgehead atoms. The summed E-state index contributed by atoms with van der Waals surface area (Å²) in [6, 6.07) is 14.5. The number of halogens is 2. The van der Waals surface area contributed by atoms with E-state index < -0.39 is 6.10 Å². The quantitative estimate of drug-likeness (QED) is 0.616. The summed E-state index contributed by atoms with van der Waals surface area (Å²) in [7, 11) is 1.69. The monoisotopic (exact) mass is 484 g/mol. The van der Waals surface area contributed by atoms with Crippen LogP contribution in [-0.4, -0.2) is 62.6 Å². The molecule has 0 spiro atoms. The van der Waals surface area contributed by atoms with Crippen molar-refractivity contribution in [1.29, 1.82) is 0 Å². The summed E-state index contributed by atoms with van der Waals surface area (Å²) in [4.78, 5) is 4.69. The fraction of sp³-hybridized carbons (Fsp3) is 0.520. The Balaban J connectivity index is 0.00000256.